The minimum atomic E-state index is -0.903. The van der Waals surface area contributed by atoms with Crippen LogP contribution in [0, 0.1) is 24.4 Å². The second kappa shape index (κ2) is 9.64. The fourth-order valence-corrected chi connectivity index (χ4v) is 5.13. The van der Waals surface area contributed by atoms with Crippen molar-refractivity contribution >= 4 is 5.97 Å². The molecule has 1 N–H and O–H groups in total. The van der Waals surface area contributed by atoms with E-state index in [9.17, 15) is 18.0 Å². The van der Waals surface area contributed by atoms with Gasteiger partial charge in [-0.25, -0.2) is 22.8 Å². The third kappa shape index (κ3) is 4.64. The van der Waals surface area contributed by atoms with Crippen LogP contribution >= 0.6 is 0 Å². The van der Waals surface area contributed by atoms with Gasteiger partial charge in [0.25, 0.3) is 0 Å². The zero-order valence-corrected chi connectivity index (χ0v) is 20.7. The molecule has 2 atom stereocenters. The molecule has 11 heteroatoms. The normalized spacial score (nSPS) is 17.4. The number of aliphatic carboxylic acids is 1. The Labute approximate surface area is 220 Å². The van der Waals surface area contributed by atoms with E-state index in [1.807, 2.05) is 0 Å². The maximum absolute atomic E-state index is 15.0. The van der Waals surface area contributed by atoms with E-state index >= 15 is 0 Å². The van der Waals surface area contributed by atoms with Crippen molar-refractivity contribution in [2.75, 3.05) is 6.61 Å². The van der Waals surface area contributed by atoms with Gasteiger partial charge in [0, 0.05) is 40.8 Å². The molecule has 3 aromatic carbocycles. The Morgan fingerprint density at radius 3 is 2.62 bits per heavy atom. The third-order valence-electron chi connectivity index (χ3n) is 6.86. The minimum absolute atomic E-state index is 0.0339. The van der Waals surface area contributed by atoms with Gasteiger partial charge in [-0.2, -0.15) is 5.10 Å². The summed E-state index contributed by atoms with van der Waals surface area (Å²) in [5.74, 6) is -1.85. The summed E-state index contributed by atoms with van der Waals surface area (Å²) in [6.45, 7) is 1.87. The van der Waals surface area contributed by atoms with Crippen LogP contribution in [0.2, 0.25) is 0 Å². The third-order valence-corrected chi connectivity index (χ3v) is 6.86. The van der Waals surface area contributed by atoms with E-state index in [0.29, 0.717) is 41.3 Å². The van der Waals surface area contributed by atoms with E-state index in [2.05, 4.69) is 10.1 Å². The van der Waals surface area contributed by atoms with Crippen LogP contribution in [-0.2, 0) is 11.2 Å². The summed E-state index contributed by atoms with van der Waals surface area (Å²) in [6, 6.07) is 9.89. The summed E-state index contributed by atoms with van der Waals surface area (Å²) in [4.78, 5) is 15.0. The molecule has 200 valence electrons. The zero-order chi connectivity index (χ0) is 27.3. The first-order chi connectivity index (χ1) is 18.8. The highest BCUT2D eigenvalue weighted by Crippen LogP contribution is 2.44. The van der Waals surface area contributed by atoms with Crippen molar-refractivity contribution in [1.29, 1.82) is 0 Å². The highest BCUT2D eigenvalue weighted by molar-refractivity contribution is 5.68. The van der Waals surface area contributed by atoms with Crippen molar-refractivity contribution in [1.82, 2.24) is 14.8 Å². The van der Waals surface area contributed by atoms with Crippen LogP contribution in [0.25, 0.3) is 5.69 Å². The molecule has 0 spiro atoms. The first-order valence-corrected chi connectivity index (χ1v) is 12.3. The fourth-order valence-electron chi connectivity index (χ4n) is 5.13. The Morgan fingerprint density at radius 1 is 1.10 bits per heavy atom. The minimum Gasteiger partial charge on any atom is -0.492 e. The lowest BCUT2D eigenvalue weighted by molar-refractivity contribution is -0.137. The monoisotopic (exact) mass is 537 g/mol. The fraction of sp³-hybridized carbons (Fsp3) is 0.250. The second-order valence-corrected chi connectivity index (χ2v) is 9.46. The molecule has 6 rings (SSSR count). The number of nitrogens with zero attached hydrogens (tertiary/aromatic N) is 3. The van der Waals surface area contributed by atoms with Crippen LogP contribution in [0.3, 0.4) is 0 Å². The predicted octanol–water partition coefficient (Wildman–Crippen LogP) is 5.80. The first kappa shape index (κ1) is 24.8. The number of aryl methyl sites for hydroxylation is 1. The average Bonchev–Trinajstić information content (AvgIpc) is 3.60. The van der Waals surface area contributed by atoms with Crippen molar-refractivity contribution in [2.24, 2.45) is 0 Å². The standard InChI is InChI=1S/C28H22F3N3O5/c1-14-32-13-34(33-14)28-21(30)9-17(10-22(28)31)39-23-7-5-20(29)27-19(23)4-6-24(27)38-16-2-3-18-15(8-26(35)36)12-37-25(18)11-16/h2-3,5,7,9-11,13,15,24H,4,6,8,12H2,1H3,(H,35,36)/t15-,24-/m1/s1. The molecule has 0 bridgehead atoms. The Hall–Kier alpha value is -4.54. The number of fused-ring (bicyclic) bond motifs is 2. The molecule has 4 aromatic rings. The molecule has 0 unspecified atom stereocenters. The number of hydrogen-bond donors (Lipinski definition) is 1. The topological polar surface area (TPSA) is 95.7 Å². The molecule has 0 fully saturated rings. The molecule has 0 radical (unpaired) electrons. The van der Waals surface area contributed by atoms with Crippen molar-refractivity contribution in [3.05, 3.63) is 88.8 Å². The molecule has 1 aliphatic carbocycles. The number of aromatic nitrogens is 3. The van der Waals surface area contributed by atoms with Gasteiger partial charge in [-0.15, -0.1) is 0 Å². The molecule has 8 nitrogen and oxygen atoms in total. The van der Waals surface area contributed by atoms with Gasteiger partial charge in [-0.3, -0.25) is 4.79 Å². The van der Waals surface area contributed by atoms with Crippen LogP contribution in [0.15, 0.2) is 48.8 Å². The maximum Gasteiger partial charge on any atom is 0.304 e. The summed E-state index contributed by atoms with van der Waals surface area (Å²) >= 11 is 0. The van der Waals surface area contributed by atoms with Gasteiger partial charge in [0.1, 0.15) is 52.8 Å². The van der Waals surface area contributed by atoms with E-state index in [1.54, 1.807) is 25.1 Å². The number of benzene rings is 3. The zero-order valence-electron chi connectivity index (χ0n) is 20.7. The first-order valence-electron chi connectivity index (χ1n) is 12.3. The molecule has 0 saturated heterocycles. The van der Waals surface area contributed by atoms with Gasteiger partial charge < -0.3 is 19.3 Å². The van der Waals surface area contributed by atoms with E-state index in [-0.39, 0.29) is 36.1 Å². The van der Waals surface area contributed by atoms with E-state index < -0.39 is 29.5 Å². The molecular formula is C28H22F3N3O5. The van der Waals surface area contributed by atoms with Gasteiger partial charge in [0.2, 0.25) is 0 Å². The Kier molecular flexibility index (Phi) is 6.13. The molecule has 1 aliphatic heterocycles. The van der Waals surface area contributed by atoms with Gasteiger partial charge in [0.15, 0.2) is 11.6 Å². The smallest absolute Gasteiger partial charge is 0.304 e. The number of rotatable bonds is 7. The Balaban J connectivity index is 1.24. The Bertz CT molecular complexity index is 1580. The van der Waals surface area contributed by atoms with E-state index in [0.717, 1.165) is 22.4 Å². The predicted molar refractivity (Wildman–Crippen MR) is 131 cm³/mol. The highest BCUT2D eigenvalue weighted by atomic mass is 19.1. The molecule has 0 saturated carbocycles. The van der Waals surface area contributed by atoms with Gasteiger partial charge in [-0.05, 0) is 38.0 Å². The average molecular weight is 537 g/mol. The lowest BCUT2D eigenvalue weighted by atomic mass is 9.98. The summed E-state index contributed by atoms with van der Waals surface area (Å²) in [6.07, 6.45) is 1.44. The van der Waals surface area contributed by atoms with Crippen LogP contribution in [0.4, 0.5) is 13.2 Å². The number of hydrogen-bond acceptors (Lipinski definition) is 6. The number of carbonyl (C=O) groups is 1. The molecule has 39 heavy (non-hydrogen) atoms. The van der Waals surface area contributed by atoms with Crippen molar-refractivity contribution in [2.45, 2.75) is 38.2 Å². The maximum atomic E-state index is 15.0. The van der Waals surface area contributed by atoms with Crippen LogP contribution in [0.5, 0.6) is 23.0 Å². The van der Waals surface area contributed by atoms with Crippen molar-refractivity contribution in [3.8, 4) is 28.7 Å². The SMILES string of the molecule is Cc1ncn(-c2c(F)cc(Oc3ccc(F)c4c3CC[C@H]4Oc3ccc4c(c3)OC[C@H]4CC(=O)O)cc2F)n1. The van der Waals surface area contributed by atoms with Gasteiger partial charge in [-0.1, -0.05) is 6.07 Å². The lowest BCUT2D eigenvalue weighted by Crippen LogP contribution is -2.07. The largest absolute Gasteiger partial charge is 0.492 e. The van der Waals surface area contributed by atoms with Crippen LogP contribution in [0.1, 0.15) is 47.4 Å². The van der Waals surface area contributed by atoms with E-state index in [4.69, 9.17) is 19.3 Å². The Morgan fingerprint density at radius 2 is 1.90 bits per heavy atom. The van der Waals surface area contributed by atoms with Gasteiger partial charge >= 0.3 is 5.97 Å². The number of carboxylic acids is 1. The van der Waals surface area contributed by atoms with E-state index in [1.165, 1.54) is 18.5 Å². The van der Waals surface area contributed by atoms with Crippen LogP contribution in [-0.4, -0.2) is 32.4 Å². The van der Waals surface area contributed by atoms with Gasteiger partial charge in [0.05, 0.1) is 13.0 Å². The second-order valence-electron chi connectivity index (χ2n) is 9.46. The summed E-state index contributed by atoms with van der Waals surface area (Å²) in [7, 11) is 0. The quantitative estimate of drug-likeness (QED) is 0.318. The number of carboxylic acid groups (broad SMARTS) is 1. The highest BCUT2D eigenvalue weighted by Gasteiger charge is 2.32. The summed E-state index contributed by atoms with van der Waals surface area (Å²) in [5.41, 5.74) is 1.28. The molecule has 2 aliphatic rings. The molecule has 0 amide bonds. The molecular weight excluding hydrogens is 515 g/mol. The van der Waals surface area contributed by atoms with Crippen molar-refractivity contribution in [3.63, 3.8) is 0 Å². The molecule has 1 aromatic heterocycles. The number of ether oxygens (including phenoxy) is 3. The van der Waals surface area contributed by atoms with Crippen LogP contribution < -0.4 is 14.2 Å². The summed E-state index contributed by atoms with van der Waals surface area (Å²) in [5, 5.41) is 13.0. The summed E-state index contributed by atoms with van der Waals surface area (Å²) < 4.78 is 63.2. The molecule has 2 heterocycles. The lowest BCUT2D eigenvalue weighted by Gasteiger charge is -2.17. The van der Waals surface area contributed by atoms with Crippen molar-refractivity contribution < 1.29 is 37.3 Å². The number of halogens is 3.